The lowest BCUT2D eigenvalue weighted by Crippen LogP contribution is -2.59. The zero-order valence-corrected chi connectivity index (χ0v) is 9.62. The Bertz CT molecular complexity index is 236. The van der Waals surface area contributed by atoms with Crippen molar-refractivity contribution in [1.29, 1.82) is 0 Å². The third-order valence-corrected chi connectivity index (χ3v) is 3.37. The molecule has 0 aromatic rings. The van der Waals surface area contributed by atoms with Gasteiger partial charge < -0.3 is 15.5 Å². The smallest absolute Gasteiger partial charge is 0.241 e. The first-order valence-corrected chi connectivity index (χ1v) is 5.92. The van der Waals surface area contributed by atoms with Crippen LogP contribution in [0.4, 0.5) is 0 Å². The number of piperazine rings is 1. The van der Waals surface area contributed by atoms with Crippen LogP contribution < -0.4 is 10.6 Å². The van der Waals surface area contributed by atoms with Crippen molar-refractivity contribution in [1.82, 2.24) is 15.5 Å². The van der Waals surface area contributed by atoms with Crippen molar-refractivity contribution in [3.05, 3.63) is 0 Å². The van der Waals surface area contributed by atoms with E-state index in [0.717, 1.165) is 32.6 Å². The largest absolute Gasteiger partial charge is 0.341 e. The Balaban J connectivity index is 1.85. The van der Waals surface area contributed by atoms with Gasteiger partial charge in [0.25, 0.3) is 0 Å². The van der Waals surface area contributed by atoms with E-state index in [1.807, 2.05) is 4.90 Å². The van der Waals surface area contributed by atoms with Gasteiger partial charge in [-0.3, -0.25) is 4.79 Å². The quantitative estimate of drug-likeness (QED) is 0.631. The standard InChI is InChI=1S/C11H21N3O/c1-8-3-4-14(7-8)11(15)10-6-12-9(2)5-13-10/h8-10,12-13H,3-7H2,1-2H3. The number of nitrogens with one attached hydrogen (secondary N) is 2. The van der Waals surface area contributed by atoms with Gasteiger partial charge in [-0.1, -0.05) is 6.92 Å². The second kappa shape index (κ2) is 4.49. The summed E-state index contributed by atoms with van der Waals surface area (Å²) in [4.78, 5) is 14.1. The van der Waals surface area contributed by atoms with Gasteiger partial charge in [-0.2, -0.15) is 0 Å². The predicted octanol–water partition coefficient (Wildman–Crippen LogP) is -0.195. The van der Waals surface area contributed by atoms with E-state index in [4.69, 9.17) is 0 Å². The van der Waals surface area contributed by atoms with Crippen molar-refractivity contribution < 1.29 is 4.79 Å². The molecule has 0 spiro atoms. The molecule has 2 fully saturated rings. The van der Waals surface area contributed by atoms with Gasteiger partial charge in [-0.05, 0) is 19.3 Å². The first-order chi connectivity index (χ1) is 7.16. The number of carbonyl (C=O) groups excluding carboxylic acids is 1. The maximum atomic E-state index is 12.1. The van der Waals surface area contributed by atoms with Gasteiger partial charge in [0.15, 0.2) is 0 Å². The first-order valence-electron chi connectivity index (χ1n) is 5.92. The first kappa shape index (κ1) is 10.9. The zero-order valence-electron chi connectivity index (χ0n) is 9.62. The van der Waals surface area contributed by atoms with Crippen LogP contribution in [0, 0.1) is 5.92 Å². The van der Waals surface area contributed by atoms with Gasteiger partial charge in [0.05, 0.1) is 6.04 Å². The maximum Gasteiger partial charge on any atom is 0.241 e. The molecule has 1 amide bonds. The van der Waals surface area contributed by atoms with Gasteiger partial charge in [0.2, 0.25) is 5.91 Å². The molecule has 86 valence electrons. The van der Waals surface area contributed by atoms with E-state index < -0.39 is 0 Å². The fourth-order valence-electron chi connectivity index (χ4n) is 2.31. The average molecular weight is 211 g/mol. The van der Waals surface area contributed by atoms with Crippen molar-refractivity contribution in [3.8, 4) is 0 Å². The molecule has 0 aromatic heterocycles. The molecule has 0 radical (unpaired) electrons. The van der Waals surface area contributed by atoms with Crippen LogP contribution in [0.15, 0.2) is 0 Å². The Morgan fingerprint density at radius 1 is 1.27 bits per heavy atom. The van der Waals surface area contributed by atoms with Crippen LogP contribution in [0.5, 0.6) is 0 Å². The SMILES string of the molecule is CC1CCN(C(=O)C2CNC(C)CN2)C1. The van der Waals surface area contributed by atoms with Gasteiger partial charge in [0.1, 0.15) is 0 Å². The highest BCUT2D eigenvalue weighted by Gasteiger charge is 2.30. The summed E-state index contributed by atoms with van der Waals surface area (Å²) < 4.78 is 0. The fourth-order valence-corrected chi connectivity index (χ4v) is 2.31. The van der Waals surface area contributed by atoms with Crippen LogP contribution in [0.2, 0.25) is 0 Å². The summed E-state index contributed by atoms with van der Waals surface area (Å²) >= 11 is 0. The summed E-state index contributed by atoms with van der Waals surface area (Å²) in [5.74, 6) is 0.947. The molecule has 4 heteroatoms. The Kier molecular flexibility index (Phi) is 3.26. The molecule has 2 saturated heterocycles. The summed E-state index contributed by atoms with van der Waals surface area (Å²) in [5, 5.41) is 6.64. The Hall–Kier alpha value is -0.610. The molecule has 15 heavy (non-hydrogen) atoms. The van der Waals surface area contributed by atoms with E-state index in [0.29, 0.717) is 12.0 Å². The van der Waals surface area contributed by atoms with Crippen molar-refractivity contribution >= 4 is 5.91 Å². The molecule has 2 N–H and O–H groups in total. The lowest BCUT2D eigenvalue weighted by Gasteiger charge is -2.31. The third kappa shape index (κ3) is 2.49. The minimum Gasteiger partial charge on any atom is -0.341 e. The maximum absolute atomic E-state index is 12.1. The lowest BCUT2D eigenvalue weighted by atomic mass is 10.1. The van der Waals surface area contributed by atoms with Crippen molar-refractivity contribution in [2.24, 2.45) is 5.92 Å². The normalized spacial score (nSPS) is 36.9. The molecular weight excluding hydrogens is 190 g/mol. The molecule has 0 aliphatic carbocycles. The number of amides is 1. The van der Waals surface area contributed by atoms with Crippen LogP contribution in [-0.4, -0.2) is 49.1 Å². The van der Waals surface area contributed by atoms with Crippen molar-refractivity contribution in [2.75, 3.05) is 26.2 Å². The topological polar surface area (TPSA) is 44.4 Å². The molecule has 0 bridgehead atoms. The summed E-state index contributed by atoms with van der Waals surface area (Å²) in [7, 11) is 0. The van der Waals surface area contributed by atoms with Crippen molar-refractivity contribution in [3.63, 3.8) is 0 Å². The number of carbonyl (C=O) groups is 1. The summed E-state index contributed by atoms with van der Waals surface area (Å²) in [6.07, 6.45) is 1.16. The Morgan fingerprint density at radius 3 is 2.60 bits per heavy atom. The third-order valence-electron chi connectivity index (χ3n) is 3.37. The van der Waals surface area contributed by atoms with Crippen LogP contribution >= 0.6 is 0 Å². The second-order valence-corrected chi connectivity index (χ2v) is 4.95. The molecule has 0 saturated carbocycles. The number of nitrogens with zero attached hydrogens (tertiary/aromatic N) is 1. The van der Waals surface area contributed by atoms with Crippen LogP contribution in [-0.2, 0) is 4.79 Å². The van der Waals surface area contributed by atoms with Crippen LogP contribution in [0.25, 0.3) is 0 Å². The van der Waals surface area contributed by atoms with Gasteiger partial charge in [-0.15, -0.1) is 0 Å². The number of rotatable bonds is 1. The van der Waals surface area contributed by atoms with E-state index >= 15 is 0 Å². The minimum absolute atomic E-state index is 0.00787. The molecule has 4 nitrogen and oxygen atoms in total. The zero-order chi connectivity index (χ0) is 10.8. The second-order valence-electron chi connectivity index (χ2n) is 4.95. The minimum atomic E-state index is -0.00787. The molecule has 2 aliphatic rings. The molecule has 2 rings (SSSR count). The number of hydrogen-bond donors (Lipinski definition) is 2. The number of likely N-dealkylation sites (tertiary alicyclic amines) is 1. The van der Waals surface area contributed by atoms with Gasteiger partial charge >= 0.3 is 0 Å². The van der Waals surface area contributed by atoms with Crippen molar-refractivity contribution in [2.45, 2.75) is 32.4 Å². The highest BCUT2D eigenvalue weighted by Crippen LogP contribution is 2.16. The molecule has 0 aromatic carbocycles. The summed E-state index contributed by atoms with van der Waals surface area (Å²) in [6, 6.07) is 0.470. The highest BCUT2D eigenvalue weighted by atomic mass is 16.2. The molecule has 3 unspecified atom stereocenters. The van der Waals surface area contributed by atoms with Crippen LogP contribution in [0.1, 0.15) is 20.3 Å². The number of hydrogen-bond acceptors (Lipinski definition) is 3. The predicted molar refractivity (Wildman–Crippen MR) is 59.6 cm³/mol. The summed E-state index contributed by atoms with van der Waals surface area (Å²) in [6.45, 7) is 7.87. The average Bonchev–Trinajstić information content (AvgIpc) is 2.65. The Labute approximate surface area is 91.4 Å². The van der Waals surface area contributed by atoms with Crippen LogP contribution in [0.3, 0.4) is 0 Å². The summed E-state index contributed by atoms with van der Waals surface area (Å²) in [5.41, 5.74) is 0. The lowest BCUT2D eigenvalue weighted by molar-refractivity contribution is -0.132. The van der Waals surface area contributed by atoms with E-state index in [2.05, 4.69) is 24.5 Å². The van der Waals surface area contributed by atoms with Gasteiger partial charge in [-0.25, -0.2) is 0 Å². The molecule has 3 atom stereocenters. The monoisotopic (exact) mass is 211 g/mol. The van der Waals surface area contributed by atoms with E-state index in [-0.39, 0.29) is 11.9 Å². The van der Waals surface area contributed by atoms with E-state index in [1.165, 1.54) is 0 Å². The van der Waals surface area contributed by atoms with E-state index in [9.17, 15) is 4.79 Å². The highest BCUT2D eigenvalue weighted by molar-refractivity contribution is 5.82. The molecule has 2 aliphatic heterocycles. The van der Waals surface area contributed by atoms with E-state index in [1.54, 1.807) is 0 Å². The Morgan fingerprint density at radius 2 is 2.07 bits per heavy atom. The molecule has 2 heterocycles. The van der Waals surface area contributed by atoms with Gasteiger partial charge in [0, 0.05) is 32.2 Å². The molecular formula is C11H21N3O. The fraction of sp³-hybridized carbons (Fsp3) is 0.909.